The van der Waals surface area contributed by atoms with Crippen LogP contribution in [0.1, 0.15) is 40.0 Å². The molecule has 1 aliphatic rings. The summed E-state index contributed by atoms with van der Waals surface area (Å²) in [5.74, 6) is 0.539. The lowest BCUT2D eigenvalue weighted by atomic mass is 9.94. The molecule has 1 aromatic heterocycles. The Balaban J connectivity index is 1.82. The van der Waals surface area contributed by atoms with Gasteiger partial charge < -0.3 is 18.9 Å². The molecule has 0 saturated carbocycles. The van der Waals surface area contributed by atoms with Crippen LogP contribution in [0.5, 0.6) is 0 Å². The molecule has 2 heterocycles. The summed E-state index contributed by atoms with van der Waals surface area (Å²) in [6.45, 7) is 11.5. The van der Waals surface area contributed by atoms with Crippen molar-refractivity contribution in [1.29, 1.82) is 0 Å². The van der Waals surface area contributed by atoms with Crippen LogP contribution in [0.25, 0.3) is 0 Å². The number of ether oxygens (including phenoxy) is 2. The number of hydrogen-bond acceptors (Lipinski definition) is 5. The lowest BCUT2D eigenvalue weighted by Gasteiger charge is -2.33. The van der Waals surface area contributed by atoms with Crippen LogP contribution in [-0.4, -0.2) is 47.0 Å². The molecule has 0 aliphatic carbocycles. The molecule has 1 fully saturated rings. The van der Waals surface area contributed by atoms with Gasteiger partial charge in [-0.05, 0) is 46.0 Å². The number of rotatable bonds is 5. The summed E-state index contributed by atoms with van der Waals surface area (Å²) in [5, 5.41) is 1.91. The average Bonchev–Trinajstić information content (AvgIpc) is 3.04. The molecule has 150 valence electrons. The number of piperidine rings is 1. The fourth-order valence-corrected chi connectivity index (χ4v) is 3.59. The molecule has 0 unspecified atom stereocenters. The summed E-state index contributed by atoms with van der Waals surface area (Å²) in [5.41, 5.74) is -0.462. The van der Waals surface area contributed by atoms with Gasteiger partial charge in [0.15, 0.2) is 4.80 Å². The predicted molar refractivity (Wildman–Crippen MR) is 105 cm³/mol. The van der Waals surface area contributed by atoms with E-state index in [1.165, 1.54) is 17.4 Å². The molecule has 27 heavy (non-hydrogen) atoms. The Labute approximate surface area is 164 Å². The van der Waals surface area contributed by atoms with Crippen LogP contribution < -0.4 is 4.80 Å². The first kappa shape index (κ1) is 21.2. The largest absolute Gasteiger partial charge is 0.444 e. The molecule has 7 nitrogen and oxygen atoms in total. The maximum atomic E-state index is 12.1. The second kappa shape index (κ2) is 9.73. The van der Waals surface area contributed by atoms with Crippen LogP contribution in [0.4, 0.5) is 9.59 Å². The minimum atomic E-state index is -0.600. The topological polar surface area (TPSA) is 73.1 Å². The molecule has 2 amide bonds. The van der Waals surface area contributed by atoms with Crippen molar-refractivity contribution in [3.63, 3.8) is 0 Å². The van der Waals surface area contributed by atoms with Crippen LogP contribution >= 0.6 is 11.3 Å². The van der Waals surface area contributed by atoms with Crippen molar-refractivity contribution in [2.45, 2.75) is 52.2 Å². The Morgan fingerprint density at radius 1 is 1.37 bits per heavy atom. The molecule has 0 aromatic carbocycles. The van der Waals surface area contributed by atoms with Crippen molar-refractivity contribution in [2.24, 2.45) is 10.9 Å². The van der Waals surface area contributed by atoms with E-state index in [4.69, 9.17) is 9.47 Å². The Morgan fingerprint density at radius 2 is 2.07 bits per heavy atom. The fraction of sp³-hybridized carbons (Fsp3) is 0.632. The van der Waals surface area contributed by atoms with Crippen molar-refractivity contribution < 1.29 is 19.1 Å². The van der Waals surface area contributed by atoms with Crippen LogP contribution in [0, 0.1) is 5.92 Å². The highest BCUT2D eigenvalue weighted by Gasteiger charge is 2.26. The van der Waals surface area contributed by atoms with Gasteiger partial charge in [0.1, 0.15) is 12.2 Å². The third kappa shape index (κ3) is 7.21. The van der Waals surface area contributed by atoms with Gasteiger partial charge in [0.05, 0.1) is 0 Å². The van der Waals surface area contributed by atoms with E-state index in [9.17, 15) is 9.59 Å². The van der Waals surface area contributed by atoms with Gasteiger partial charge in [0.2, 0.25) is 0 Å². The monoisotopic (exact) mass is 395 g/mol. The van der Waals surface area contributed by atoms with Crippen LogP contribution in [0.2, 0.25) is 0 Å². The van der Waals surface area contributed by atoms with E-state index in [0.717, 1.165) is 38.9 Å². The fourth-order valence-electron chi connectivity index (χ4n) is 2.85. The summed E-state index contributed by atoms with van der Waals surface area (Å²) >= 11 is 1.41. The molecule has 0 bridgehead atoms. The molecule has 1 saturated heterocycles. The van der Waals surface area contributed by atoms with Crippen molar-refractivity contribution >= 4 is 23.5 Å². The summed E-state index contributed by atoms with van der Waals surface area (Å²) < 4.78 is 12.3. The number of carbonyl (C=O) groups is 2. The minimum Gasteiger partial charge on any atom is -0.444 e. The number of nitrogens with zero attached hydrogens (tertiary/aromatic N) is 3. The normalized spacial score (nSPS) is 16.3. The first-order valence-corrected chi connectivity index (χ1v) is 10.1. The van der Waals surface area contributed by atoms with E-state index in [1.54, 1.807) is 4.90 Å². The molecule has 0 spiro atoms. The van der Waals surface area contributed by atoms with E-state index in [0.29, 0.717) is 10.7 Å². The SMILES string of the molecule is C=CCOC(=O)N=c1sccn1CCC1CCN(C(=O)OC(C)(C)C)CC1. The number of hydrogen-bond donors (Lipinski definition) is 0. The molecule has 0 radical (unpaired) electrons. The number of aromatic nitrogens is 1. The van der Waals surface area contributed by atoms with Gasteiger partial charge in [0, 0.05) is 31.2 Å². The average molecular weight is 396 g/mol. The second-order valence-electron chi connectivity index (χ2n) is 7.56. The van der Waals surface area contributed by atoms with Gasteiger partial charge in [-0.3, -0.25) is 0 Å². The molecular formula is C19H29N3O4S. The van der Waals surface area contributed by atoms with Gasteiger partial charge in [-0.25, -0.2) is 9.59 Å². The van der Waals surface area contributed by atoms with Gasteiger partial charge in [-0.15, -0.1) is 16.3 Å². The zero-order valence-corrected chi connectivity index (χ0v) is 17.2. The molecule has 1 aromatic rings. The summed E-state index contributed by atoms with van der Waals surface area (Å²) in [4.78, 5) is 30.2. The summed E-state index contributed by atoms with van der Waals surface area (Å²) in [6.07, 6.45) is 5.51. The van der Waals surface area contributed by atoms with Gasteiger partial charge >= 0.3 is 12.2 Å². The maximum absolute atomic E-state index is 12.1. The lowest BCUT2D eigenvalue weighted by molar-refractivity contribution is 0.0180. The molecule has 2 rings (SSSR count). The Bertz CT molecular complexity index is 709. The molecular weight excluding hydrogens is 366 g/mol. The van der Waals surface area contributed by atoms with Gasteiger partial charge in [-0.1, -0.05) is 12.7 Å². The van der Waals surface area contributed by atoms with Crippen LogP contribution in [-0.2, 0) is 16.0 Å². The molecule has 0 atom stereocenters. The van der Waals surface area contributed by atoms with Crippen LogP contribution in [0.15, 0.2) is 29.2 Å². The zero-order valence-electron chi connectivity index (χ0n) is 16.3. The number of aryl methyl sites for hydroxylation is 1. The number of thiazole rings is 1. The first-order valence-electron chi connectivity index (χ1n) is 9.23. The highest BCUT2D eigenvalue weighted by atomic mass is 32.1. The molecule has 8 heteroatoms. The Kier molecular flexibility index (Phi) is 7.65. The third-order valence-corrected chi connectivity index (χ3v) is 5.01. The molecule has 1 aliphatic heterocycles. The van der Waals surface area contributed by atoms with Crippen LogP contribution in [0.3, 0.4) is 0 Å². The van der Waals surface area contributed by atoms with E-state index in [-0.39, 0.29) is 12.7 Å². The lowest BCUT2D eigenvalue weighted by Crippen LogP contribution is -2.41. The second-order valence-corrected chi connectivity index (χ2v) is 8.43. The van der Waals surface area contributed by atoms with Crippen molar-refractivity contribution in [1.82, 2.24) is 9.47 Å². The highest BCUT2D eigenvalue weighted by molar-refractivity contribution is 7.07. The van der Waals surface area contributed by atoms with Gasteiger partial charge in [0.25, 0.3) is 0 Å². The Morgan fingerprint density at radius 3 is 2.70 bits per heavy atom. The van der Waals surface area contributed by atoms with E-state index in [2.05, 4.69) is 11.6 Å². The molecule has 0 N–H and O–H groups in total. The smallest absolute Gasteiger partial charge is 0.436 e. The zero-order chi connectivity index (χ0) is 19.9. The summed E-state index contributed by atoms with van der Waals surface area (Å²) in [6, 6.07) is 0. The maximum Gasteiger partial charge on any atom is 0.436 e. The summed E-state index contributed by atoms with van der Waals surface area (Å²) in [7, 11) is 0. The van der Waals surface area contributed by atoms with Crippen molar-refractivity contribution in [3.05, 3.63) is 29.0 Å². The standard InChI is InChI=1S/C19H29N3O4S/c1-5-13-25-17(23)20-16-21(12-14-27-16)9-6-15-7-10-22(11-8-15)18(24)26-19(2,3)4/h5,12,14-15H,1,6-11,13H2,2-4H3. The number of amides is 2. The van der Waals surface area contributed by atoms with Crippen molar-refractivity contribution in [2.75, 3.05) is 19.7 Å². The van der Waals surface area contributed by atoms with E-state index < -0.39 is 11.7 Å². The van der Waals surface area contributed by atoms with Crippen molar-refractivity contribution in [3.8, 4) is 0 Å². The number of likely N-dealkylation sites (tertiary alicyclic amines) is 1. The third-order valence-electron chi connectivity index (χ3n) is 4.22. The quantitative estimate of drug-likeness (QED) is 0.711. The first-order chi connectivity index (χ1) is 12.8. The van der Waals surface area contributed by atoms with Gasteiger partial charge in [-0.2, -0.15) is 0 Å². The Hall–Kier alpha value is -2.09. The van der Waals surface area contributed by atoms with E-state index in [1.807, 2.05) is 36.9 Å². The predicted octanol–water partition coefficient (Wildman–Crippen LogP) is 3.81. The number of carbonyl (C=O) groups excluding carboxylic acids is 2. The minimum absolute atomic E-state index is 0.157. The van der Waals surface area contributed by atoms with E-state index >= 15 is 0 Å². The highest BCUT2D eigenvalue weighted by Crippen LogP contribution is 2.22.